The van der Waals surface area contributed by atoms with Gasteiger partial charge in [-0.1, -0.05) is 12.1 Å². The van der Waals surface area contributed by atoms with Crippen molar-refractivity contribution in [2.75, 3.05) is 0 Å². The maximum Gasteiger partial charge on any atom is 0.339 e. The molecule has 2 N–H and O–H groups in total. The van der Waals surface area contributed by atoms with Gasteiger partial charge in [0.05, 0.1) is 5.56 Å². The summed E-state index contributed by atoms with van der Waals surface area (Å²) in [6.45, 7) is 6.78. The third kappa shape index (κ3) is 6.00. The minimum absolute atomic E-state index is 0.377. The number of esters is 1. The number of rotatable bonds is 3. The van der Waals surface area contributed by atoms with Crippen molar-refractivity contribution in [1.29, 1.82) is 0 Å². The van der Waals surface area contributed by atoms with Gasteiger partial charge in [0.1, 0.15) is 0 Å². The van der Waals surface area contributed by atoms with Crippen molar-refractivity contribution in [2.24, 2.45) is 0 Å². The van der Waals surface area contributed by atoms with Gasteiger partial charge in [-0.05, 0) is 62.4 Å². The third-order valence-corrected chi connectivity index (χ3v) is 3.41. The topological polar surface area (TPSA) is 84.5 Å². The molecule has 0 radical (unpaired) electrons. The van der Waals surface area contributed by atoms with E-state index in [-0.39, 0.29) is 0 Å². The summed E-state index contributed by atoms with van der Waals surface area (Å²) >= 11 is 2.01. The number of imide groups is 1. The summed E-state index contributed by atoms with van der Waals surface area (Å²) in [5.74, 6) is -1.29. The zero-order chi connectivity index (χ0) is 16.9. The summed E-state index contributed by atoms with van der Waals surface area (Å²) in [5.41, 5.74) is -0.0911. The molecule has 0 aliphatic carbocycles. The average molecular weight is 418 g/mol. The van der Waals surface area contributed by atoms with Crippen LogP contribution in [0.25, 0.3) is 0 Å². The normalized spacial score (nSPS) is 12.2. The second-order valence-corrected chi connectivity index (χ2v) is 6.88. The standard InChI is InChI=1S/C15H19IN2O4/c1-9(12(19)17-14(21)18-15(2,3)4)22-13(20)10-7-5-6-8-11(10)16/h5-9H,1-4H3,(H2,17,18,19,21)/t9-/m0/s1. The van der Waals surface area contributed by atoms with E-state index in [2.05, 4.69) is 10.6 Å². The maximum atomic E-state index is 12.0. The summed E-state index contributed by atoms with van der Waals surface area (Å²) in [4.78, 5) is 35.4. The van der Waals surface area contributed by atoms with E-state index in [1.807, 2.05) is 22.6 Å². The van der Waals surface area contributed by atoms with Crippen molar-refractivity contribution in [2.45, 2.75) is 39.3 Å². The van der Waals surface area contributed by atoms with E-state index in [1.165, 1.54) is 6.92 Å². The first-order valence-corrected chi connectivity index (χ1v) is 7.76. The Morgan fingerprint density at radius 2 is 1.77 bits per heavy atom. The molecule has 1 aromatic carbocycles. The van der Waals surface area contributed by atoms with Crippen LogP contribution in [0.2, 0.25) is 0 Å². The van der Waals surface area contributed by atoms with Crippen LogP contribution in [-0.2, 0) is 9.53 Å². The van der Waals surface area contributed by atoms with Gasteiger partial charge in [-0.25, -0.2) is 9.59 Å². The fraction of sp³-hybridized carbons (Fsp3) is 0.400. The van der Waals surface area contributed by atoms with Crippen LogP contribution in [0.4, 0.5) is 4.79 Å². The van der Waals surface area contributed by atoms with E-state index in [0.29, 0.717) is 5.56 Å². The summed E-state index contributed by atoms with van der Waals surface area (Å²) in [6, 6.07) is 6.25. The third-order valence-electron chi connectivity index (χ3n) is 2.47. The second kappa shape index (κ2) is 7.57. The van der Waals surface area contributed by atoms with Gasteiger partial charge >= 0.3 is 12.0 Å². The Morgan fingerprint density at radius 1 is 1.18 bits per heavy atom. The molecule has 7 heteroatoms. The molecule has 22 heavy (non-hydrogen) atoms. The van der Waals surface area contributed by atoms with Crippen LogP contribution in [0.1, 0.15) is 38.1 Å². The van der Waals surface area contributed by atoms with Gasteiger partial charge in [0.2, 0.25) is 0 Å². The lowest BCUT2D eigenvalue weighted by atomic mass is 10.1. The Morgan fingerprint density at radius 3 is 2.32 bits per heavy atom. The number of carbonyl (C=O) groups excluding carboxylic acids is 3. The van der Waals surface area contributed by atoms with E-state index in [9.17, 15) is 14.4 Å². The number of amides is 3. The van der Waals surface area contributed by atoms with Crippen LogP contribution in [0.3, 0.4) is 0 Å². The molecule has 1 atom stereocenters. The molecule has 0 saturated heterocycles. The number of urea groups is 1. The molecule has 3 amide bonds. The van der Waals surface area contributed by atoms with Gasteiger partial charge in [-0.15, -0.1) is 0 Å². The minimum Gasteiger partial charge on any atom is -0.449 e. The Balaban J connectivity index is 2.60. The molecule has 0 aliphatic heterocycles. The first-order chi connectivity index (χ1) is 10.1. The molecule has 0 aromatic heterocycles. The van der Waals surface area contributed by atoms with E-state index in [4.69, 9.17) is 4.74 Å². The van der Waals surface area contributed by atoms with Gasteiger partial charge in [-0.2, -0.15) is 0 Å². The lowest BCUT2D eigenvalue weighted by Gasteiger charge is -2.21. The van der Waals surface area contributed by atoms with Crippen molar-refractivity contribution in [3.05, 3.63) is 33.4 Å². The fourth-order valence-corrected chi connectivity index (χ4v) is 2.10. The number of nitrogens with one attached hydrogen (secondary N) is 2. The molecule has 0 aliphatic rings. The SMILES string of the molecule is C[C@H](OC(=O)c1ccccc1I)C(=O)NC(=O)NC(C)(C)C. The highest BCUT2D eigenvalue weighted by atomic mass is 127. The summed E-state index contributed by atoms with van der Waals surface area (Å²) in [6.07, 6.45) is -1.07. The second-order valence-electron chi connectivity index (χ2n) is 5.72. The van der Waals surface area contributed by atoms with Crippen LogP contribution < -0.4 is 10.6 Å². The molecule has 0 bridgehead atoms. The van der Waals surface area contributed by atoms with Gasteiger partial charge in [-0.3, -0.25) is 10.1 Å². The molecule has 0 spiro atoms. The molecule has 1 aromatic rings. The number of hydrogen-bond donors (Lipinski definition) is 2. The van der Waals surface area contributed by atoms with Gasteiger partial charge in [0.25, 0.3) is 5.91 Å². The summed E-state index contributed by atoms with van der Waals surface area (Å²) in [5, 5.41) is 4.73. The number of halogens is 1. The van der Waals surface area contributed by atoms with Gasteiger partial charge in [0, 0.05) is 9.11 Å². The van der Waals surface area contributed by atoms with Crippen molar-refractivity contribution in [3.8, 4) is 0 Å². The smallest absolute Gasteiger partial charge is 0.339 e. The predicted octanol–water partition coefficient (Wildman–Crippen LogP) is 2.46. The van der Waals surface area contributed by atoms with Gasteiger partial charge < -0.3 is 10.1 Å². The maximum absolute atomic E-state index is 12.0. The van der Waals surface area contributed by atoms with Gasteiger partial charge in [0.15, 0.2) is 6.10 Å². The van der Waals surface area contributed by atoms with Crippen LogP contribution >= 0.6 is 22.6 Å². The number of ether oxygens (including phenoxy) is 1. The first-order valence-electron chi connectivity index (χ1n) is 6.68. The van der Waals surface area contributed by atoms with Crippen LogP contribution in [0.5, 0.6) is 0 Å². The number of benzene rings is 1. The lowest BCUT2D eigenvalue weighted by Crippen LogP contribution is -2.50. The monoisotopic (exact) mass is 418 g/mol. The highest BCUT2D eigenvalue weighted by Crippen LogP contribution is 2.13. The zero-order valence-electron chi connectivity index (χ0n) is 12.9. The molecule has 6 nitrogen and oxygen atoms in total. The predicted molar refractivity (Wildman–Crippen MR) is 90.5 cm³/mol. The Kier molecular flexibility index (Phi) is 6.34. The lowest BCUT2D eigenvalue weighted by molar-refractivity contribution is -0.127. The largest absolute Gasteiger partial charge is 0.449 e. The molecular weight excluding hydrogens is 399 g/mol. The number of hydrogen-bond acceptors (Lipinski definition) is 4. The Bertz CT molecular complexity index is 581. The van der Waals surface area contributed by atoms with E-state index in [1.54, 1.807) is 45.0 Å². The molecule has 120 valence electrons. The highest BCUT2D eigenvalue weighted by molar-refractivity contribution is 14.1. The molecule has 0 unspecified atom stereocenters. The van der Waals surface area contributed by atoms with Crippen LogP contribution in [-0.4, -0.2) is 29.6 Å². The summed E-state index contributed by atoms with van der Waals surface area (Å²) < 4.78 is 5.80. The minimum atomic E-state index is -1.07. The van der Waals surface area contributed by atoms with E-state index >= 15 is 0 Å². The fourth-order valence-electron chi connectivity index (χ4n) is 1.49. The molecule has 0 fully saturated rings. The van der Waals surface area contributed by atoms with Crippen LogP contribution in [0, 0.1) is 3.57 Å². The molecular formula is C15H19IN2O4. The average Bonchev–Trinajstić information content (AvgIpc) is 2.36. The quantitative estimate of drug-likeness (QED) is 0.584. The summed E-state index contributed by atoms with van der Waals surface area (Å²) in [7, 11) is 0. The zero-order valence-corrected chi connectivity index (χ0v) is 15.1. The van der Waals surface area contributed by atoms with Crippen molar-refractivity contribution in [3.63, 3.8) is 0 Å². The molecule has 0 heterocycles. The highest BCUT2D eigenvalue weighted by Gasteiger charge is 2.23. The number of carbonyl (C=O) groups is 3. The molecule has 0 saturated carbocycles. The Hall–Kier alpha value is -1.64. The van der Waals surface area contributed by atoms with Crippen molar-refractivity contribution in [1.82, 2.24) is 10.6 Å². The van der Waals surface area contributed by atoms with E-state index in [0.717, 1.165) is 3.57 Å². The van der Waals surface area contributed by atoms with Crippen molar-refractivity contribution < 1.29 is 19.1 Å². The van der Waals surface area contributed by atoms with Crippen LogP contribution in [0.15, 0.2) is 24.3 Å². The first kappa shape index (κ1) is 18.4. The molecule has 1 rings (SSSR count). The Labute approximate surface area is 143 Å². The van der Waals surface area contributed by atoms with Crippen molar-refractivity contribution >= 4 is 40.5 Å². The van der Waals surface area contributed by atoms with E-state index < -0.39 is 29.6 Å².